The Morgan fingerprint density at radius 2 is 1.81 bits per heavy atom. The van der Waals surface area contributed by atoms with E-state index in [0.717, 1.165) is 5.56 Å². The molecule has 3 aromatic carbocycles. The first kappa shape index (κ1) is 17.1. The van der Waals surface area contributed by atoms with Crippen LogP contribution in [0.3, 0.4) is 0 Å². The van der Waals surface area contributed by atoms with Crippen LogP contribution in [0.2, 0.25) is 5.02 Å². The summed E-state index contributed by atoms with van der Waals surface area (Å²) in [4.78, 5) is 25.1. The molecule has 0 spiro atoms. The van der Waals surface area contributed by atoms with Crippen LogP contribution >= 0.6 is 11.6 Å². The molecule has 0 fully saturated rings. The number of anilines is 2. The Labute approximate surface area is 160 Å². The van der Waals surface area contributed by atoms with E-state index in [0.29, 0.717) is 39.0 Å². The number of aryl methyl sites for hydroxylation is 1. The molecule has 0 saturated carbocycles. The van der Waals surface area contributed by atoms with Crippen molar-refractivity contribution in [2.75, 3.05) is 10.6 Å². The van der Waals surface area contributed by atoms with E-state index in [2.05, 4.69) is 10.6 Å². The number of carbonyl (C=O) groups excluding carboxylic acids is 2. The first-order chi connectivity index (χ1) is 13.0. The van der Waals surface area contributed by atoms with Crippen molar-refractivity contribution in [1.82, 2.24) is 0 Å². The largest absolute Gasteiger partial charge is 0.454 e. The van der Waals surface area contributed by atoms with Crippen LogP contribution in [-0.4, -0.2) is 11.8 Å². The van der Waals surface area contributed by atoms with Crippen LogP contribution in [0.15, 0.2) is 60.7 Å². The van der Waals surface area contributed by atoms with Crippen LogP contribution < -0.4 is 15.4 Å². The molecule has 0 atom stereocenters. The molecule has 3 aromatic rings. The highest BCUT2D eigenvalue weighted by molar-refractivity contribution is 6.31. The van der Waals surface area contributed by atoms with Crippen LogP contribution in [0.5, 0.6) is 11.5 Å². The predicted molar refractivity (Wildman–Crippen MR) is 105 cm³/mol. The van der Waals surface area contributed by atoms with Crippen molar-refractivity contribution in [2.45, 2.75) is 6.92 Å². The molecule has 0 aliphatic carbocycles. The molecule has 0 aromatic heterocycles. The van der Waals surface area contributed by atoms with Gasteiger partial charge < -0.3 is 15.4 Å². The molecule has 1 aliphatic heterocycles. The Hall–Kier alpha value is -3.31. The quantitative estimate of drug-likeness (QED) is 0.639. The highest BCUT2D eigenvalue weighted by atomic mass is 35.5. The Morgan fingerprint density at radius 1 is 1.04 bits per heavy atom. The lowest BCUT2D eigenvalue weighted by Gasteiger charge is -2.11. The van der Waals surface area contributed by atoms with Gasteiger partial charge in [0, 0.05) is 16.3 Å². The average molecular weight is 379 g/mol. The molecule has 5 nitrogen and oxygen atoms in total. The van der Waals surface area contributed by atoms with Crippen LogP contribution in [0.4, 0.5) is 11.4 Å². The first-order valence-electron chi connectivity index (χ1n) is 8.31. The van der Waals surface area contributed by atoms with Gasteiger partial charge in [-0.2, -0.15) is 0 Å². The number of ether oxygens (including phenoxy) is 1. The van der Waals surface area contributed by atoms with Crippen molar-refractivity contribution < 1.29 is 14.3 Å². The zero-order valence-electron chi connectivity index (χ0n) is 14.4. The monoisotopic (exact) mass is 378 g/mol. The summed E-state index contributed by atoms with van der Waals surface area (Å²) in [5.74, 6) is 0.335. The van der Waals surface area contributed by atoms with Gasteiger partial charge in [-0.3, -0.25) is 9.59 Å². The van der Waals surface area contributed by atoms with Gasteiger partial charge in [-0.1, -0.05) is 29.8 Å². The first-order valence-corrected chi connectivity index (χ1v) is 8.69. The van der Waals surface area contributed by atoms with E-state index in [1.54, 1.807) is 42.5 Å². The van der Waals surface area contributed by atoms with Crippen molar-refractivity contribution in [2.24, 2.45) is 0 Å². The number of hydrogen-bond acceptors (Lipinski definition) is 3. The SMILES string of the molecule is Cc1ccccc1C(=O)Nc1ccc2c(c1)C(=O)Nc1cc(Cl)ccc1O2. The number of amides is 2. The van der Waals surface area contributed by atoms with E-state index in [9.17, 15) is 9.59 Å². The summed E-state index contributed by atoms with van der Waals surface area (Å²) in [5, 5.41) is 6.10. The van der Waals surface area contributed by atoms with Crippen LogP contribution in [0, 0.1) is 6.92 Å². The predicted octanol–water partition coefficient (Wildman–Crippen LogP) is 5.26. The molecule has 0 saturated heterocycles. The molecular weight excluding hydrogens is 364 g/mol. The third-order valence-electron chi connectivity index (χ3n) is 4.28. The summed E-state index contributed by atoms with van der Waals surface area (Å²) in [5.41, 5.74) is 2.78. The maximum atomic E-state index is 12.6. The minimum absolute atomic E-state index is 0.238. The van der Waals surface area contributed by atoms with Gasteiger partial charge in [-0.25, -0.2) is 0 Å². The lowest BCUT2D eigenvalue weighted by Crippen LogP contribution is -2.15. The Balaban J connectivity index is 1.64. The molecule has 27 heavy (non-hydrogen) atoms. The van der Waals surface area contributed by atoms with Crippen molar-refractivity contribution >= 4 is 34.8 Å². The molecule has 134 valence electrons. The van der Waals surface area contributed by atoms with Gasteiger partial charge in [0.1, 0.15) is 5.75 Å². The van der Waals surface area contributed by atoms with Gasteiger partial charge in [-0.05, 0) is 55.0 Å². The summed E-state index contributed by atoms with van der Waals surface area (Å²) in [7, 11) is 0. The summed E-state index contributed by atoms with van der Waals surface area (Å²) in [6, 6.07) is 17.3. The molecule has 6 heteroatoms. The lowest BCUT2D eigenvalue weighted by molar-refractivity contribution is 0.101. The fourth-order valence-corrected chi connectivity index (χ4v) is 3.07. The Bertz CT molecular complexity index is 1080. The normalized spacial score (nSPS) is 12.1. The second-order valence-electron chi connectivity index (χ2n) is 6.18. The summed E-state index contributed by atoms with van der Waals surface area (Å²) in [6.45, 7) is 1.87. The molecule has 2 N–H and O–H groups in total. The number of carbonyl (C=O) groups is 2. The van der Waals surface area contributed by atoms with Crippen LogP contribution in [0.1, 0.15) is 26.3 Å². The van der Waals surface area contributed by atoms with Crippen LogP contribution in [0.25, 0.3) is 0 Å². The van der Waals surface area contributed by atoms with Crippen molar-refractivity contribution in [1.29, 1.82) is 0 Å². The topological polar surface area (TPSA) is 67.4 Å². The highest BCUT2D eigenvalue weighted by Gasteiger charge is 2.22. The molecule has 0 bridgehead atoms. The van der Waals surface area contributed by atoms with Gasteiger partial charge >= 0.3 is 0 Å². The molecule has 2 amide bonds. The van der Waals surface area contributed by atoms with Gasteiger partial charge in [0.25, 0.3) is 11.8 Å². The second-order valence-corrected chi connectivity index (χ2v) is 6.61. The maximum absolute atomic E-state index is 12.6. The van der Waals surface area contributed by atoms with E-state index in [1.165, 1.54) is 0 Å². The zero-order chi connectivity index (χ0) is 19.0. The van der Waals surface area contributed by atoms with E-state index < -0.39 is 0 Å². The molecule has 0 unspecified atom stereocenters. The fourth-order valence-electron chi connectivity index (χ4n) is 2.90. The summed E-state index contributed by atoms with van der Waals surface area (Å²) >= 11 is 5.99. The minimum atomic E-state index is -0.335. The molecule has 1 aliphatic rings. The summed E-state index contributed by atoms with van der Waals surface area (Å²) < 4.78 is 5.84. The van der Waals surface area contributed by atoms with Gasteiger partial charge in [0.2, 0.25) is 0 Å². The van der Waals surface area contributed by atoms with Crippen LogP contribution in [-0.2, 0) is 0 Å². The number of fused-ring (bicyclic) bond motifs is 2. The van der Waals surface area contributed by atoms with Crippen molar-refractivity contribution in [3.05, 3.63) is 82.4 Å². The molecule has 0 radical (unpaired) electrons. The number of hydrogen-bond donors (Lipinski definition) is 2. The van der Waals surface area contributed by atoms with E-state index in [4.69, 9.17) is 16.3 Å². The van der Waals surface area contributed by atoms with Gasteiger partial charge in [-0.15, -0.1) is 0 Å². The van der Waals surface area contributed by atoms with Crippen molar-refractivity contribution in [3.8, 4) is 11.5 Å². The number of nitrogens with one attached hydrogen (secondary N) is 2. The molecular formula is C21H15ClN2O3. The number of halogens is 1. The van der Waals surface area contributed by atoms with E-state index >= 15 is 0 Å². The highest BCUT2D eigenvalue weighted by Crippen LogP contribution is 2.38. The average Bonchev–Trinajstić information content (AvgIpc) is 2.78. The van der Waals surface area contributed by atoms with E-state index in [-0.39, 0.29) is 11.8 Å². The smallest absolute Gasteiger partial charge is 0.259 e. The molecule has 4 rings (SSSR count). The Morgan fingerprint density at radius 3 is 2.63 bits per heavy atom. The standard InChI is InChI=1S/C21H15ClN2O3/c1-12-4-2-3-5-15(12)20(25)23-14-7-9-18-16(11-14)21(26)24-17-10-13(22)6-8-19(17)27-18/h2-11H,1H3,(H,23,25)(H,24,26). The Kier molecular flexibility index (Phi) is 4.30. The third kappa shape index (κ3) is 3.37. The number of benzene rings is 3. The van der Waals surface area contributed by atoms with E-state index in [1.807, 2.05) is 25.1 Å². The fraction of sp³-hybridized carbons (Fsp3) is 0.0476. The summed E-state index contributed by atoms with van der Waals surface area (Å²) in [6.07, 6.45) is 0. The van der Waals surface area contributed by atoms with Gasteiger partial charge in [0.15, 0.2) is 5.75 Å². The number of rotatable bonds is 2. The zero-order valence-corrected chi connectivity index (χ0v) is 15.1. The molecule has 1 heterocycles. The van der Waals surface area contributed by atoms with Gasteiger partial charge in [0.05, 0.1) is 11.3 Å². The lowest BCUT2D eigenvalue weighted by atomic mass is 10.1. The third-order valence-corrected chi connectivity index (χ3v) is 4.52. The van der Waals surface area contributed by atoms with Crippen molar-refractivity contribution in [3.63, 3.8) is 0 Å². The maximum Gasteiger partial charge on any atom is 0.259 e. The second kappa shape index (κ2) is 6.78. The minimum Gasteiger partial charge on any atom is -0.454 e.